The second-order valence-electron chi connectivity index (χ2n) is 8.65. The zero-order valence-corrected chi connectivity index (χ0v) is 23.2. The Morgan fingerprint density at radius 3 is 2.61 bits per heavy atom. The number of carbonyl (C=O) groups excluding carboxylic acids is 2. The van der Waals surface area contributed by atoms with Crippen LogP contribution in [0.15, 0.2) is 47.2 Å². The van der Waals surface area contributed by atoms with E-state index >= 15 is 0 Å². The lowest BCUT2D eigenvalue weighted by atomic mass is 10.1. The number of ketones is 1. The Morgan fingerprint density at radius 1 is 1.11 bits per heavy atom. The number of Topliss-reactive ketones (excluding diaryl/α,β-unsaturated/α-hetero) is 1. The maximum Gasteiger partial charge on any atom is 0.300 e. The molecular formula is C28H24Cl2N4O3S. The van der Waals surface area contributed by atoms with Gasteiger partial charge in [-0.1, -0.05) is 29.1 Å². The van der Waals surface area contributed by atoms with Crippen LogP contribution in [0.1, 0.15) is 43.2 Å². The van der Waals surface area contributed by atoms with E-state index in [1.54, 1.807) is 41.7 Å². The molecule has 0 unspecified atom stereocenters. The number of hydrogen-bond acceptors (Lipinski definition) is 7. The van der Waals surface area contributed by atoms with Crippen molar-refractivity contribution in [1.29, 1.82) is 0 Å². The van der Waals surface area contributed by atoms with Gasteiger partial charge in [0, 0.05) is 30.5 Å². The number of carbonyl (C=O) groups is 2. The van der Waals surface area contributed by atoms with E-state index in [1.807, 2.05) is 25.3 Å². The molecule has 2 N–H and O–H groups in total. The number of halogens is 2. The van der Waals surface area contributed by atoms with Crippen LogP contribution >= 0.6 is 34.5 Å². The highest BCUT2D eigenvalue weighted by atomic mass is 35.5. The number of nitrogens with one attached hydrogen (secondary N) is 2. The van der Waals surface area contributed by atoms with Crippen LogP contribution in [0.25, 0.3) is 10.9 Å². The standard InChI is InChI=1S/C28H24Cl2N4O3S/c1-16(2)37-25-14-23-20(13-24(25)32-26(36)7-5-4-6-18-10-11-38-15-18)28(27(17(3)35)34-33-23)31-19-8-9-21(29)22(30)12-19/h8-16H,4,6H2,1-3H3,(H,31,33)(H,32,36). The Labute approximate surface area is 234 Å². The van der Waals surface area contributed by atoms with Crippen LogP contribution in [0.2, 0.25) is 10.0 Å². The molecule has 0 spiro atoms. The Balaban J connectivity index is 1.71. The highest BCUT2D eigenvalue weighted by Gasteiger charge is 2.19. The van der Waals surface area contributed by atoms with E-state index in [2.05, 4.69) is 38.1 Å². The smallest absolute Gasteiger partial charge is 0.300 e. The topological polar surface area (TPSA) is 93.2 Å². The first-order valence-electron chi connectivity index (χ1n) is 11.8. The predicted molar refractivity (Wildman–Crippen MR) is 154 cm³/mol. The SMILES string of the molecule is CC(=O)c1nnc2cc(OC(C)C)c(NC(=O)C#CCCc3ccsc3)cc2c1Nc1ccc(Cl)c(Cl)c1. The summed E-state index contributed by atoms with van der Waals surface area (Å²) in [7, 11) is 0. The van der Waals surface area contributed by atoms with Gasteiger partial charge in [0.15, 0.2) is 11.5 Å². The molecule has 2 aromatic carbocycles. The molecule has 4 rings (SSSR count). The number of fused-ring (bicyclic) bond motifs is 1. The maximum absolute atomic E-state index is 12.7. The third kappa shape index (κ3) is 6.81. The molecule has 7 nitrogen and oxygen atoms in total. The quantitative estimate of drug-likeness (QED) is 0.171. The summed E-state index contributed by atoms with van der Waals surface area (Å²) in [4.78, 5) is 25.1. The molecule has 0 aliphatic rings. The average Bonchev–Trinajstić information content (AvgIpc) is 3.38. The van der Waals surface area contributed by atoms with E-state index in [4.69, 9.17) is 27.9 Å². The van der Waals surface area contributed by atoms with Crippen molar-refractivity contribution in [2.24, 2.45) is 0 Å². The molecule has 10 heteroatoms. The Morgan fingerprint density at radius 2 is 1.92 bits per heavy atom. The molecule has 2 heterocycles. The summed E-state index contributed by atoms with van der Waals surface area (Å²) in [5, 5.41) is 19.8. The third-order valence-electron chi connectivity index (χ3n) is 5.32. The third-order valence-corrected chi connectivity index (χ3v) is 6.79. The molecule has 1 amide bonds. The van der Waals surface area contributed by atoms with Gasteiger partial charge in [-0.3, -0.25) is 9.59 Å². The lowest BCUT2D eigenvalue weighted by molar-refractivity contribution is -0.111. The largest absolute Gasteiger partial charge is 0.489 e. The number of benzene rings is 2. The molecule has 0 radical (unpaired) electrons. The van der Waals surface area contributed by atoms with Crippen LogP contribution in [0, 0.1) is 11.8 Å². The van der Waals surface area contributed by atoms with E-state index < -0.39 is 5.91 Å². The second kappa shape index (κ2) is 12.3. The number of hydrogen-bond donors (Lipinski definition) is 2. The lowest BCUT2D eigenvalue weighted by Gasteiger charge is -2.18. The summed E-state index contributed by atoms with van der Waals surface area (Å²) in [5.74, 6) is 5.21. The van der Waals surface area contributed by atoms with Gasteiger partial charge in [0.2, 0.25) is 0 Å². The van der Waals surface area contributed by atoms with Crippen molar-refractivity contribution in [2.45, 2.75) is 39.7 Å². The number of aromatic nitrogens is 2. The number of nitrogens with zero attached hydrogens (tertiary/aromatic N) is 2. The fourth-order valence-corrected chi connectivity index (χ4v) is 4.61. The first kappa shape index (κ1) is 27.4. The highest BCUT2D eigenvalue weighted by Crippen LogP contribution is 2.37. The van der Waals surface area contributed by atoms with Gasteiger partial charge in [0.1, 0.15) is 5.75 Å². The number of rotatable bonds is 8. The Hall–Kier alpha value is -3.64. The molecule has 0 bridgehead atoms. The average molecular weight is 567 g/mol. The van der Waals surface area contributed by atoms with Crippen LogP contribution in [0.3, 0.4) is 0 Å². The predicted octanol–water partition coefficient (Wildman–Crippen LogP) is 7.31. The van der Waals surface area contributed by atoms with Gasteiger partial charge in [-0.2, -0.15) is 11.3 Å². The zero-order chi connectivity index (χ0) is 27.2. The molecule has 0 fully saturated rings. The highest BCUT2D eigenvalue weighted by molar-refractivity contribution is 7.07. The minimum atomic E-state index is -0.476. The number of anilines is 3. The van der Waals surface area contributed by atoms with E-state index in [0.717, 1.165) is 6.42 Å². The van der Waals surface area contributed by atoms with Crippen molar-refractivity contribution in [2.75, 3.05) is 10.6 Å². The van der Waals surface area contributed by atoms with Gasteiger partial charge in [0.05, 0.1) is 33.0 Å². The maximum atomic E-state index is 12.7. The van der Waals surface area contributed by atoms with Crippen molar-refractivity contribution in [3.63, 3.8) is 0 Å². The van der Waals surface area contributed by atoms with Crippen LogP contribution < -0.4 is 15.4 Å². The molecule has 0 aliphatic carbocycles. The summed E-state index contributed by atoms with van der Waals surface area (Å²) >= 11 is 13.9. The number of thiophene rings is 1. The summed E-state index contributed by atoms with van der Waals surface area (Å²) in [6.07, 6.45) is 1.17. The summed E-state index contributed by atoms with van der Waals surface area (Å²) in [5.41, 5.74) is 3.19. The van der Waals surface area contributed by atoms with Crippen LogP contribution in [-0.2, 0) is 11.2 Å². The van der Waals surface area contributed by atoms with Crippen molar-refractivity contribution < 1.29 is 14.3 Å². The fourth-order valence-electron chi connectivity index (χ4n) is 3.61. The van der Waals surface area contributed by atoms with Crippen molar-refractivity contribution in [3.8, 4) is 17.6 Å². The molecule has 2 aromatic heterocycles. The van der Waals surface area contributed by atoms with E-state index in [9.17, 15) is 9.59 Å². The van der Waals surface area contributed by atoms with Crippen LogP contribution in [-0.4, -0.2) is 28.0 Å². The first-order chi connectivity index (χ1) is 18.2. The molecule has 0 saturated carbocycles. The second-order valence-corrected chi connectivity index (χ2v) is 10.2. The van der Waals surface area contributed by atoms with Gasteiger partial charge in [0.25, 0.3) is 5.91 Å². The fraction of sp³-hybridized carbons (Fsp3) is 0.214. The molecule has 4 aromatic rings. The normalized spacial score (nSPS) is 10.7. The first-order valence-corrected chi connectivity index (χ1v) is 13.5. The van der Waals surface area contributed by atoms with E-state index in [0.29, 0.717) is 50.2 Å². The summed E-state index contributed by atoms with van der Waals surface area (Å²) in [6, 6.07) is 10.4. The molecule has 194 valence electrons. The van der Waals surface area contributed by atoms with Crippen molar-refractivity contribution in [1.82, 2.24) is 10.2 Å². The Bertz CT molecular complexity index is 1560. The summed E-state index contributed by atoms with van der Waals surface area (Å²) in [6.45, 7) is 5.16. The summed E-state index contributed by atoms with van der Waals surface area (Å²) < 4.78 is 5.94. The minimum absolute atomic E-state index is 0.131. The van der Waals surface area contributed by atoms with Crippen molar-refractivity contribution >= 4 is 74.2 Å². The van der Waals surface area contributed by atoms with E-state index in [1.165, 1.54) is 12.5 Å². The number of amides is 1. The zero-order valence-electron chi connectivity index (χ0n) is 20.9. The number of ether oxygens (including phenoxy) is 1. The number of aryl methyl sites for hydroxylation is 1. The monoisotopic (exact) mass is 566 g/mol. The van der Waals surface area contributed by atoms with Gasteiger partial charge >= 0.3 is 0 Å². The van der Waals surface area contributed by atoms with Gasteiger partial charge in [-0.15, -0.1) is 10.2 Å². The van der Waals surface area contributed by atoms with Crippen LogP contribution in [0.4, 0.5) is 17.1 Å². The van der Waals surface area contributed by atoms with Crippen LogP contribution in [0.5, 0.6) is 5.75 Å². The minimum Gasteiger partial charge on any atom is -0.489 e. The van der Waals surface area contributed by atoms with E-state index in [-0.39, 0.29) is 17.6 Å². The van der Waals surface area contributed by atoms with Gasteiger partial charge in [-0.25, -0.2) is 0 Å². The lowest BCUT2D eigenvalue weighted by Crippen LogP contribution is -2.13. The Kier molecular flexibility index (Phi) is 8.85. The molecule has 0 atom stereocenters. The van der Waals surface area contributed by atoms with Crippen molar-refractivity contribution in [3.05, 3.63) is 68.5 Å². The van der Waals surface area contributed by atoms with Gasteiger partial charge in [-0.05, 0) is 72.8 Å². The molecule has 0 saturated heterocycles. The molecule has 0 aliphatic heterocycles. The van der Waals surface area contributed by atoms with Gasteiger partial charge < -0.3 is 15.4 Å². The molecule has 38 heavy (non-hydrogen) atoms. The molecular weight excluding hydrogens is 543 g/mol.